The van der Waals surface area contributed by atoms with Crippen LogP contribution in [0.25, 0.3) is 11.0 Å². The zero-order valence-corrected chi connectivity index (χ0v) is 17.1. The number of nitrogens with zero attached hydrogens (tertiary/aromatic N) is 3. The molecule has 2 N–H and O–H groups in total. The van der Waals surface area contributed by atoms with Crippen molar-refractivity contribution >= 4 is 45.2 Å². The molecule has 0 unspecified atom stereocenters. The van der Waals surface area contributed by atoms with E-state index in [1.54, 1.807) is 0 Å². The molecular weight excluding hydrogens is 406 g/mol. The second-order valence-electron chi connectivity index (χ2n) is 6.40. The van der Waals surface area contributed by atoms with Crippen molar-refractivity contribution in [2.24, 2.45) is 0 Å². The van der Waals surface area contributed by atoms with E-state index in [9.17, 15) is 9.59 Å². The van der Waals surface area contributed by atoms with Gasteiger partial charge in [0.2, 0.25) is 11.0 Å². The van der Waals surface area contributed by atoms with Gasteiger partial charge in [-0.05, 0) is 24.6 Å². The van der Waals surface area contributed by atoms with Crippen LogP contribution in [0.15, 0.2) is 57.7 Å². The number of amides is 1. The highest BCUT2D eigenvalue weighted by Crippen LogP contribution is 2.27. The number of aryl methyl sites for hydroxylation is 1. The van der Waals surface area contributed by atoms with E-state index in [-0.39, 0.29) is 17.9 Å². The van der Waals surface area contributed by atoms with E-state index in [2.05, 4.69) is 25.5 Å². The van der Waals surface area contributed by atoms with Crippen LogP contribution < -0.4 is 10.9 Å². The molecule has 0 spiro atoms. The van der Waals surface area contributed by atoms with E-state index < -0.39 is 0 Å². The van der Waals surface area contributed by atoms with Crippen molar-refractivity contribution in [3.63, 3.8) is 0 Å². The number of nitrogens with one attached hydrogen (secondary N) is 2. The average molecular weight is 424 g/mol. The Morgan fingerprint density at radius 1 is 1.14 bits per heavy atom. The Morgan fingerprint density at radius 2 is 1.93 bits per heavy atom. The van der Waals surface area contributed by atoms with Crippen LogP contribution in [0.2, 0.25) is 0 Å². The van der Waals surface area contributed by atoms with Crippen molar-refractivity contribution in [1.29, 1.82) is 0 Å². The lowest BCUT2D eigenvalue weighted by molar-refractivity contribution is -0.115. The van der Waals surface area contributed by atoms with Gasteiger partial charge in [-0.3, -0.25) is 9.59 Å². The Morgan fingerprint density at radius 3 is 2.76 bits per heavy atom. The summed E-state index contributed by atoms with van der Waals surface area (Å²) in [6.07, 6.45) is 0.277. The summed E-state index contributed by atoms with van der Waals surface area (Å²) >= 11 is 2.63. The Bertz CT molecular complexity index is 1220. The molecule has 0 saturated heterocycles. The highest BCUT2D eigenvalue weighted by Gasteiger charge is 2.11. The molecule has 7 nitrogen and oxygen atoms in total. The number of thioether (sulfide) groups is 1. The molecule has 4 aromatic rings. The molecule has 2 aromatic heterocycles. The summed E-state index contributed by atoms with van der Waals surface area (Å²) in [6.45, 7) is 2.01. The SMILES string of the molecule is Cc1ccc(CC(=O)Nc2nnc(SCc3nc4ccccc4[nH]c3=O)s2)cc1. The molecule has 4 rings (SSSR count). The minimum absolute atomic E-state index is 0.144. The molecule has 0 aliphatic rings. The third kappa shape index (κ3) is 4.87. The summed E-state index contributed by atoms with van der Waals surface area (Å²) in [5.41, 5.74) is 3.75. The van der Waals surface area contributed by atoms with E-state index in [1.807, 2.05) is 55.5 Å². The predicted molar refractivity (Wildman–Crippen MR) is 115 cm³/mol. The lowest BCUT2D eigenvalue weighted by Gasteiger charge is -2.02. The largest absolute Gasteiger partial charge is 0.319 e. The molecular formula is C20H17N5O2S2. The lowest BCUT2D eigenvalue weighted by atomic mass is 10.1. The van der Waals surface area contributed by atoms with E-state index in [4.69, 9.17) is 0 Å². The second-order valence-corrected chi connectivity index (χ2v) is 8.60. The molecule has 0 aliphatic heterocycles. The topological polar surface area (TPSA) is 101 Å². The zero-order chi connectivity index (χ0) is 20.2. The summed E-state index contributed by atoms with van der Waals surface area (Å²) in [6, 6.07) is 15.2. The van der Waals surface area contributed by atoms with Gasteiger partial charge in [0.1, 0.15) is 5.69 Å². The highest BCUT2D eigenvalue weighted by molar-refractivity contribution is 8.00. The summed E-state index contributed by atoms with van der Waals surface area (Å²) in [4.78, 5) is 31.6. The van der Waals surface area contributed by atoms with Crippen LogP contribution in [0.3, 0.4) is 0 Å². The predicted octanol–water partition coefficient (Wildman–Crippen LogP) is 3.56. The van der Waals surface area contributed by atoms with Crippen molar-refractivity contribution in [1.82, 2.24) is 20.2 Å². The molecule has 146 valence electrons. The number of hydrogen-bond acceptors (Lipinski definition) is 7. The number of rotatable bonds is 6. The molecule has 0 aliphatic carbocycles. The van der Waals surface area contributed by atoms with Crippen molar-refractivity contribution in [2.75, 3.05) is 5.32 Å². The van der Waals surface area contributed by atoms with Crippen LogP contribution >= 0.6 is 23.1 Å². The van der Waals surface area contributed by atoms with Crippen molar-refractivity contribution in [2.45, 2.75) is 23.4 Å². The number of fused-ring (bicyclic) bond motifs is 1. The molecule has 1 amide bonds. The smallest absolute Gasteiger partial charge is 0.271 e. The summed E-state index contributed by atoms with van der Waals surface area (Å²) in [5.74, 6) is 0.223. The number of aromatic nitrogens is 4. The normalized spacial score (nSPS) is 10.9. The van der Waals surface area contributed by atoms with Gasteiger partial charge in [-0.1, -0.05) is 65.1 Å². The van der Waals surface area contributed by atoms with Gasteiger partial charge in [-0.15, -0.1) is 10.2 Å². The van der Waals surface area contributed by atoms with Crippen LogP contribution in [-0.4, -0.2) is 26.1 Å². The highest BCUT2D eigenvalue weighted by atomic mass is 32.2. The Balaban J connectivity index is 1.37. The van der Waals surface area contributed by atoms with Gasteiger partial charge in [0.25, 0.3) is 5.56 Å². The summed E-state index contributed by atoms with van der Waals surface area (Å²) in [5, 5.41) is 11.3. The molecule has 29 heavy (non-hydrogen) atoms. The molecule has 2 heterocycles. The van der Waals surface area contributed by atoms with Crippen molar-refractivity contribution in [3.05, 3.63) is 75.7 Å². The number of hydrogen-bond donors (Lipinski definition) is 2. The minimum Gasteiger partial charge on any atom is -0.319 e. The van der Waals surface area contributed by atoms with Crippen molar-refractivity contribution in [3.8, 4) is 0 Å². The fourth-order valence-corrected chi connectivity index (χ4v) is 4.37. The molecule has 0 saturated carbocycles. The maximum absolute atomic E-state index is 12.2. The fourth-order valence-electron chi connectivity index (χ4n) is 2.67. The van der Waals surface area contributed by atoms with Gasteiger partial charge >= 0.3 is 0 Å². The van der Waals surface area contributed by atoms with Gasteiger partial charge in [0.05, 0.1) is 17.5 Å². The maximum atomic E-state index is 12.2. The van der Waals surface area contributed by atoms with Gasteiger partial charge < -0.3 is 10.3 Å². The lowest BCUT2D eigenvalue weighted by Crippen LogP contribution is -2.14. The van der Waals surface area contributed by atoms with E-state index in [1.165, 1.54) is 23.1 Å². The van der Waals surface area contributed by atoms with Crippen LogP contribution in [0.1, 0.15) is 16.8 Å². The number of carbonyl (C=O) groups is 1. The average Bonchev–Trinajstić information content (AvgIpc) is 3.15. The quantitative estimate of drug-likeness (QED) is 0.363. The number of anilines is 1. The van der Waals surface area contributed by atoms with Crippen LogP contribution in [0.4, 0.5) is 5.13 Å². The number of H-pyrrole nitrogens is 1. The van der Waals surface area contributed by atoms with E-state index in [0.717, 1.165) is 16.6 Å². The summed E-state index contributed by atoms with van der Waals surface area (Å²) < 4.78 is 0.657. The molecule has 0 atom stereocenters. The second kappa shape index (κ2) is 8.54. The Kier molecular flexibility index (Phi) is 5.68. The van der Waals surface area contributed by atoms with E-state index >= 15 is 0 Å². The number of para-hydroxylation sites is 2. The van der Waals surface area contributed by atoms with Crippen LogP contribution in [0, 0.1) is 6.92 Å². The van der Waals surface area contributed by atoms with Crippen LogP contribution in [0.5, 0.6) is 0 Å². The first kappa shape index (κ1) is 19.3. The molecule has 0 fully saturated rings. The maximum Gasteiger partial charge on any atom is 0.271 e. The number of carbonyl (C=O) groups excluding carboxylic acids is 1. The van der Waals surface area contributed by atoms with Gasteiger partial charge in [0.15, 0.2) is 4.34 Å². The van der Waals surface area contributed by atoms with Gasteiger partial charge in [-0.25, -0.2) is 4.98 Å². The van der Waals surface area contributed by atoms with E-state index in [0.29, 0.717) is 26.4 Å². The molecule has 2 aromatic carbocycles. The third-order valence-corrected chi connectivity index (χ3v) is 6.12. The number of aromatic amines is 1. The molecule has 0 bridgehead atoms. The summed E-state index contributed by atoms with van der Waals surface area (Å²) in [7, 11) is 0. The first-order valence-corrected chi connectivity index (χ1v) is 10.7. The first-order valence-electron chi connectivity index (χ1n) is 8.86. The van der Waals surface area contributed by atoms with Gasteiger partial charge in [-0.2, -0.15) is 0 Å². The fraction of sp³-hybridized carbons (Fsp3) is 0.150. The Hall–Kier alpha value is -3.04. The Labute approximate surface area is 174 Å². The zero-order valence-electron chi connectivity index (χ0n) is 15.5. The van der Waals surface area contributed by atoms with Crippen LogP contribution in [-0.2, 0) is 17.0 Å². The molecule has 0 radical (unpaired) electrons. The van der Waals surface area contributed by atoms with Gasteiger partial charge in [0, 0.05) is 5.75 Å². The molecule has 9 heteroatoms. The number of benzene rings is 2. The minimum atomic E-state index is -0.215. The first-order chi connectivity index (χ1) is 14.1. The standard InChI is InChI=1S/C20H17N5O2S2/c1-12-6-8-13(9-7-12)10-17(26)23-19-24-25-20(29-19)28-11-16-18(27)22-15-5-3-2-4-14(15)21-16/h2-9H,10-11H2,1H3,(H,22,27)(H,23,24,26). The van der Waals surface area contributed by atoms with Crippen molar-refractivity contribution < 1.29 is 4.79 Å². The monoisotopic (exact) mass is 423 g/mol. The third-order valence-electron chi connectivity index (χ3n) is 4.14.